The van der Waals surface area contributed by atoms with Crippen LogP contribution < -0.4 is 5.32 Å². The van der Waals surface area contributed by atoms with Crippen LogP contribution in [-0.4, -0.2) is 7.05 Å². The summed E-state index contributed by atoms with van der Waals surface area (Å²) in [6.07, 6.45) is 2.46. The van der Waals surface area contributed by atoms with Crippen LogP contribution in [0.25, 0.3) is 10.8 Å². The van der Waals surface area contributed by atoms with Gasteiger partial charge in [0.25, 0.3) is 0 Å². The van der Waals surface area contributed by atoms with Gasteiger partial charge in [-0.25, -0.2) is 0 Å². The smallest absolute Gasteiger partial charge is 0.0326 e. The molecular formula is C18H25N. The van der Waals surface area contributed by atoms with Crippen molar-refractivity contribution in [3.63, 3.8) is 0 Å². The zero-order valence-corrected chi connectivity index (χ0v) is 12.5. The summed E-state index contributed by atoms with van der Waals surface area (Å²) in [5.41, 5.74) is 2.86. The zero-order chi connectivity index (χ0) is 13.8. The molecule has 19 heavy (non-hydrogen) atoms. The fourth-order valence-corrected chi connectivity index (χ4v) is 2.80. The lowest BCUT2D eigenvalue weighted by molar-refractivity contribution is 0.465. The fourth-order valence-electron chi connectivity index (χ4n) is 2.80. The van der Waals surface area contributed by atoms with Gasteiger partial charge < -0.3 is 5.32 Å². The molecule has 0 bridgehead atoms. The van der Waals surface area contributed by atoms with Gasteiger partial charge in [-0.3, -0.25) is 0 Å². The van der Waals surface area contributed by atoms with Crippen molar-refractivity contribution in [2.75, 3.05) is 7.05 Å². The number of fused-ring (bicyclic) bond motifs is 1. The Balaban J connectivity index is 2.43. The molecule has 0 spiro atoms. The minimum absolute atomic E-state index is 0.452. The molecule has 0 aliphatic carbocycles. The third-order valence-electron chi connectivity index (χ3n) is 3.92. The van der Waals surface area contributed by atoms with E-state index in [0.717, 1.165) is 5.92 Å². The van der Waals surface area contributed by atoms with Gasteiger partial charge in [-0.05, 0) is 54.6 Å². The minimum atomic E-state index is 0.452. The molecule has 0 saturated heterocycles. The highest BCUT2D eigenvalue weighted by molar-refractivity contribution is 5.87. The van der Waals surface area contributed by atoms with Crippen LogP contribution in [0.3, 0.4) is 0 Å². The molecule has 2 aromatic carbocycles. The lowest BCUT2D eigenvalue weighted by atomic mass is 9.90. The van der Waals surface area contributed by atoms with Crippen LogP contribution in [0.4, 0.5) is 0 Å². The monoisotopic (exact) mass is 255 g/mol. The molecule has 0 fully saturated rings. The Morgan fingerprint density at radius 3 is 2.42 bits per heavy atom. The van der Waals surface area contributed by atoms with Gasteiger partial charge in [0.2, 0.25) is 0 Å². The maximum Gasteiger partial charge on any atom is 0.0326 e. The second kappa shape index (κ2) is 6.21. The van der Waals surface area contributed by atoms with Gasteiger partial charge in [0, 0.05) is 6.04 Å². The zero-order valence-electron chi connectivity index (χ0n) is 12.5. The molecule has 1 atom stereocenters. The van der Waals surface area contributed by atoms with Crippen LogP contribution in [0.1, 0.15) is 43.9 Å². The van der Waals surface area contributed by atoms with E-state index >= 15 is 0 Å². The van der Waals surface area contributed by atoms with Crippen LogP contribution in [0.15, 0.2) is 36.4 Å². The number of nitrogens with one attached hydrogen (secondary N) is 1. The van der Waals surface area contributed by atoms with Crippen LogP contribution in [0.2, 0.25) is 0 Å². The van der Waals surface area contributed by atoms with Crippen molar-refractivity contribution in [1.29, 1.82) is 0 Å². The first-order valence-corrected chi connectivity index (χ1v) is 7.29. The summed E-state index contributed by atoms with van der Waals surface area (Å²) in [4.78, 5) is 0. The average Bonchev–Trinajstić information content (AvgIpc) is 2.41. The van der Waals surface area contributed by atoms with E-state index in [2.05, 4.69) is 69.5 Å². The van der Waals surface area contributed by atoms with Crippen molar-refractivity contribution in [3.8, 4) is 0 Å². The summed E-state index contributed by atoms with van der Waals surface area (Å²) in [7, 11) is 2.08. The van der Waals surface area contributed by atoms with Gasteiger partial charge in [0.1, 0.15) is 0 Å². The highest BCUT2D eigenvalue weighted by atomic mass is 14.9. The number of aryl methyl sites for hydroxylation is 1. The number of hydrogen-bond donors (Lipinski definition) is 1. The van der Waals surface area contributed by atoms with Gasteiger partial charge in [0.15, 0.2) is 0 Å². The van der Waals surface area contributed by atoms with Crippen molar-refractivity contribution >= 4 is 10.8 Å². The normalized spacial score (nSPS) is 13.1. The predicted molar refractivity (Wildman–Crippen MR) is 84.6 cm³/mol. The fraction of sp³-hybridized carbons (Fsp3) is 0.444. The lowest BCUT2D eigenvalue weighted by Gasteiger charge is -2.22. The van der Waals surface area contributed by atoms with Crippen molar-refractivity contribution in [2.45, 2.75) is 39.7 Å². The number of rotatable bonds is 5. The summed E-state index contributed by atoms with van der Waals surface area (Å²) >= 11 is 0. The van der Waals surface area contributed by atoms with Gasteiger partial charge in [0.05, 0.1) is 0 Å². The Labute approximate surface area is 117 Å². The van der Waals surface area contributed by atoms with Crippen molar-refractivity contribution in [2.24, 2.45) is 5.92 Å². The molecule has 1 unspecified atom stereocenters. The summed E-state index contributed by atoms with van der Waals surface area (Å²) in [6.45, 7) is 6.81. The van der Waals surface area contributed by atoms with Crippen molar-refractivity contribution < 1.29 is 0 Å². The van der Waals surface area contributed by atoms with Gasteiger partial charge in [-0.15, -0.1) is 0 Å². The standard InChI is InChI=1S/C18H25N/c1-13(2)9-12-17(19-4)18-14(3)10-11-15-7-5-6-8-16(15)18/h5-8,10-11,13,17,19H,9,12H2,1-4H3. The molecule has 0 radical (unpaired) electrons. The quantitative estimate of drug-likeness (QED) is 0.805. The molecule has 1 N–H and O–H groups in total. The average molecular weight is 255 g/mol. The molecule has 0 saturated carbocycles. The van der Waals surface area contributed by atoms with E-state index in [1.807, 2.05) is 0 Å². The molecule has 1 heteroatoms. The summed E-state index contributed by atoms with van der Waals surface area (Å²) in [6, 6.07) is 13.6. The second-order valence-corrected chi connectivity index (χ2v) is 5.83. The molecule has 0 aliphatic heterocycles. The van der Waals surface area contributed by atoms with Crippen LogP contribution in [0.5, 0.6) is 0 Å². The van der Waals surface area contributed by atoms with Gasteiger partial charge in [-0.1, -0.05) is 50.2 Å². The third-order valence-corrected chi connectivity index (χ3v) is 3.92. The Morgan fingerprint density at radius 1 is 1.00 bits per heavy atom. The van der Waals surface area contributed by atoms with E-state index < -0.39 is 0 Å². The SMILES string of the molecule is CNC(CCC(C)C)c1c(C)ccc2ccccc12. The molecule has 2 rings (SSSR count). The summed E-state index contributed by atoms with van der Waals surface area (Å²) < 4.78 is 0. The van der Waals surface area contributed by atoms with E-state index in [9.17, 15) is 0 Å². The lowest BCUT2D eigenvalue weighted by Crippen LogP contribution is -2.18. The molecule has 0 aromatic heterocycles. The van der Waals surface area contributed by atoms with Crippen LogP contribution >= 0.6 is 0 Å². The topological polar surface area (TPSA) is 12.0 Å². The van der Waals surface area contributed by atoms with Crippen molar-refractivity contribution in [1.82, 2.24) is 5.32 Å². The third kappa shape index (κ3) is 3.16. The van der Waals surface area contributed by atoms with Gasteiger partial charge in [-0.2, -0.15) is 0 Å². The van der Waals surface area contributed by atoms with E-state index in [0.29, 0.717) is 6.04 Å². The predicted octanol–water partition coefficient (Wildman–Crippen LogP) is 4.84. The molecule has 1 nitrogen and oxygen atoms in total. The molecule has 2 aromatic rings. The van der Waals surface area contributed by atoms with Gasteiger partial charge >= 0.3 is 0 Å². The largest absolute Gasteiger partial charge is 0.313 e. The molecule has 0 amide bonds. The first-order chi connectivity index (χ1) is 9.13. The van der Waals surface area contributed by atoms with E-state index in [-0.39, 0.29) is 0 Å². The summed E-state index contributed by atoms with van der Waals surface area (Å²) in [5.74, 6) is 0.756. The van der Waals surface area contributed by atoms with Crippen molar-refractivity contribution in [3.05, 3.63) is 47.5 Å². The highest BCUT2D eigenvalue weighted by Gasteiger charge is 2.15. The maximum absolute atomic E-state index is 3.51. The number of hydrogen-bond acceptors (Lipinski definition) is 1. The Hall–Kier alpha value is -1.34. The Morgan fingerprint density at radius 2 is 1.74 bits per heavy atom. The molecule has 102 valence electrons. The van der Waals surface area contributed by atoms with Crippen LogP contribution in [0, 0.1) is 12.8 Å². The van der Waals surface area contributed by atoms with E-state index in [4.69, 9.17) is 0 Å². The van der Waals surface area contributed by atoms with Crippen LogP contribution in [-0.2, 0) is 0 Å². The molecule has 0 aliphatic rings. The van der Waals surface area contributed by atoms with E-state index in [1.54, 1.807) is 0 Å². The minimum Gasteiger partial charge on any atom is -0.313 e. The first-order valence-electron chi connectivity index (χ1n) is 7.29. The highest BCUT2D eigenvalue weighted by Crippen LogP contribution is 2.30. The maximum atomic E-state index is 3.51. The van der Waals surface area contributed by atoms with E-state index in [1.165, 1.54) is 34.7 Å². The summed E-state index contributed by atoms with van der Waals surface area (Å²) in [5, 5.41) is 6.24. The Kier molecular flexibility index (Phi) is 4.60. The Bertz CT molecular complexity index is 542. The first kappa shape index (κ1) is 14.1. The molecular weight excluding hydrogens is 230 g/mol. The number of benzene rings is 2. The second-order valence-electron chi connectivity index (χ2n) is 5.83. The molecule has 0 heterocycles.